The minimum Gasteiger partial charge on any atom is -0.451 e. The van der Waals surface area contributed by atoms with Crippen LogP contribution in [0.4, 0.5) is 0 Å². The van der Waals surface area contributed by atoms with Crippen molar-refractivity contribution in [2.75, 3.05) is 33.7 Å². The van der Waals surface area contributed by atoms with Crippen LogP contribution in [-0.4, -0.2) is 44.5 Å². The van der Waals surface area contributed by atoms with Crippen LogP contribution in [0.2, 0.25) is 0 Å². The molecule has 2 N–H and O–H groups in total. The lowest BCUT2D eigenvalue weighted by Gasteiger charge is -2.11. The first-order valence-electron chi connectivity index (χ1n) is 8.29. The van der Waals surface area contributed by atoms with E-state index in [0.29, 0.717) is 24.8 Å². The Balaban J connectivity index is 0.00000156. The van der Waals surface area contributed by atoms with Crippen LogP contribution in [0.3, 0.4) is 0 Å². The molecule has 2 heterocycles. The third-order valence-corrected chi connectivity index (χ3v) is 4.38. The van der Waals surface area contributed by atoms with Crippen LogP contribution >= 0.6 is 24.8 Å². The van der Waals surface area contributed by atoms with Gasteiger partial charge in [0, 0.05) is 24.0 Å². The van der Waals surface area contributed by atoms with Crippen LogP contribution in [0.1, 0.15) is 29.0 Å². The first-order chi connectivity index (χ1) is 11.1. The Labute approximate surface area is 161 Å². The van der Waals surface area contributed by atoms with E-state index in [2.05, 4.69) is 15.5 Å². The van der Waals surface area contributed by atoms with Gasteiger partial charge in [-0.15, -0.1) is 24.8 Å². The van der Waals surface area contributed by atoms with Gasteiger partial charge in [0.1, 0.15) is 5.58 Å². The normalized spacial score (nSPS) is 16.5. The fourth-order valence-corrected chi connectivity index (χ4v) is 3.19. The van der Waals surface area contributed by atoms with Crippen molar-refractivity contribution in [3.05, 3.63) is 35.6 Å². The molecule has 1 saturated heterocycles. The maximum atomic E-state index is 12.6. The fraction of sp³-hybridized carbons (Fsp3) is 0.500. The Morgan fingerprint density at radius 3 is 2.76 bits per heavy atom. The summed E-state index contributed by atoms with van der Waals surface area (Å²) in [5.74, 6) is 1.01. The standard InChI is InChI=1S/C18H25N3O2.2ClH/c1-21(2)12-15-14-5-3-4-6-16(14)23-17(15)18(22)20-10-8-13-7-9-19-11-13;;/h3-6,13,19H,7-12H2,1-2H3,(H,20,22);2*1H. The highest BCUT2D eigenvalue weighted by atomic mass is 35.5. The summed E-state index contributed by atoms with van der Waals surface area (Å²) in [6.07, 6.45) is 2.22. The second-order valence-electron chi connectivity index (χ2n) is 6.55. The summed E-state index contributed by atoms with van der Waals surface area (Å²) >= 11 is 0. The molecule has 1 unspecified atom stereocenters. The van der Waals surface area contributed by atoms with Crippen molar-refractivity contribution in [2.45, 2.75) is 19.4 Å². The molecule has 140 valence electrons. The van der Waals surface area contributed by atoms with Crippen molar-refractivity contribution < 1.29 is 9.21 Å². The molecule has 1 aromatic carbocycles. The molecule has 7 heteroatoms. The van der Waals surface area contributed by atoms with Crippen LogP contribution in [0.5, 0.6) is 0 Å². The topological polar surface area (TPSA) is 57.5 Å². The number of benzene rings is 1. The van der Waals surface area contributed by atoms with E-state index in [0.717, 1.165) is 36.0 Å². The number of fused-ring (bicyclic) bond motifs is 1. The highest BCUT2D eigenvalue weighted by Gasteiger charge is 2.21. The molecule has 0 spiro atoms. The number of nitrogens with one attached hydrogen (secondary N) is 2. The number of amides is 1. The quantitative estimate of drug-likeness (QED) is 0.799. The van der Waals surface area contributed by atoms with Gasteiger partial charge in [-0.1, -0.05) is 18.2 Å². The summed E-state index contributed by atoms with van der Waals surface area (Å²) in [6.45, 7) is 3.54. The van der Waals surface area contributed by atoms with Crippen molar-refractivity contribution in [1.82, 2.24) is 15.5 Å². The number of furan rings is 1. The predicted octanol–water partition coefficient (Wildman–Crippen LogP) is 3.07. The van der Waals surface area contributed by atoms with Gasteiger partial charge in [0.2, 0.25) is 0 Å². The minimum atomic E-state index is -0.107. The van der Waals surface area contributed by atoms with Crippen LogP contribution in [0.25, 0.3) is 11.0 Å². The Bertz CT molecular complexity index is 682. The molecule has 1 aliphatic heterocycles. The van der Waals surface area contributed by atoms with Gasteiger partial charge in [-0.25, -0.2) is 0 Å². The number of hydrogen-bond acceptors (Lipinski definition) is 4. The fourth-order valence-electron chi connectivity index (χ4n) is 3.19. The largest absolute Gasteiger partial charge is 0.451 e. The summed E-state index contributed by atoms with van der Waals surface area (Å²) < 4.78 is 5.83. The van der Waals surface area contributed by atoms with Crippen LogP contribution in [0, 0.1) is 5.92 Å². The zero-order valence-electron chi connectivity index (χ0n) is 14.7. The van der Waals surface area contributed by atoms with E-state index in [1.54, 1.807) is 0 Å². The van der Waals surface area contributed by atoms with Gasteiger partial charge in [0.05, 0.1) is 0 Å². The van der Waals surface area contributed by atoms with Crippen LogP contribution < -0.4 is 10.6 Å². The Morgan fingerprint density at radius 2 is 2.08 bits per heavy atom. The first kappa shape index (κ1) is 21.8. The van der Waals surface area contributed by atoms with E-state index in [-0.39, 0.29) is 30.7 Å². The lowest BCUT2D eigenvalue weighted by atomic mass is 10.1. The Morgan fingerprint density at radius 1 is 1.32 bits per heavy atom. The molecule has 25 heavy (non-hydrogen) atoms. The van der Waals surface area contributed by atoms with Gasteiger partial charge < -0.3 is 20.0 Å². The van der Waals surface area contributed by atoms with Gasteiger partial charge >= 0.3 is 0 Å². The molecule has 5 nitrogen and oxygen atoms in total. The van der Waals surface area contributed by atoms with E-state index in [1.807, 2.05) is 38.4 Å². The highest BCUT2D eigenvalue weighted by molar-refractivity contribution is 5.99. The van der Waals surface area contributed by atoms with Gasteiger partial charge in [0.15, 0.2) is 5.76 Å². The maximum Gasteiger partial charge on any atom is 0.287 e. The van der Waals surface area contributed by atoms with Gasteiger partial charge in [-0.05, 0) is 52.0 Å². The molecule has 1 aromatic heterocycles. The molecule has 1 amide bonds. The summed E-state index contributed by atoms with van der Waals surface area (Å²) in [5.41, 5.74) is 1.74. The van der Waals surface area contributed by atoms with E-state index in [9.17, 15) is 4.79 Å². The number of hydrogen-bond donors (Lipinski definition) is 2. The Kier molecular flexibility index (Phi) is 8.73. The van der Waals surface area contributed by atoms with Gasteiger partial charge in [-0.3, -0.25) is 4.79 Å². The number of carbonyl (C=O) groups excluding carboxylic acids is 1. The van der Waals surface area contributed by atoms with Crippen molar-refractivity contribution >= 4 is 41.7 Å². The molecule has 0 radical (unpaired) electrons. The van der Waals surface area contributed by atoms with Crippen molar-refractivity contribution in [3.8, 4) is 0 Å². The highest BCUT2D eigenvalue weighted by Crippen LogP contribution is 2.26. The maximum absolute atomic E-state index is 12.6. The number of carbonyl (C=O) groups is 1. The monoisotopic (exact) mass is 387 g/mol. The number of halogens is 2. The van der Waals surface area contributed by atoms with Gasteiger partial charge in [-0.2, -0.15) is 0 Å². The van der Waals surface area contributed by atoms with Crippen molar-refractivity contribution in [1.29, 1.82) is 0 Å². The number of rotatable bonds is 6. The molecule has 3 rings (SSSR count). The molecular formula is C18H27Cl2N3O2. The Hall–Kier alpha value is -1.27. The van der Waals surface area contributed by atoms with Gasteiger partial charge in [0.25, 0.3) is 5.91 Å². The molecule has 1 fully saturated rings. The van der Waals surface area contributed by atoms with E-state index in [4.69, 9.17) is 4.42 Å². The minimum absolute atomic E-state index is 0. The SMILES string of the molecule is CN(C)Cc1c(C(=O)NCCC2CCNC2)oc2ccccc12.Cl.Cl. The number of nitrogens with zero attached hydrogens (tertiary/aromatic N) is 1. The third-order valence-electron chi connectivity index (χ3n) is 4.38. The van der Waals surface area contributed by atoms with Crippen LogP contribution in [-0.2, 0) is 6.54 Å². The summed E-state index contributed by atoms with van der Waals surface area (Å²) in [6, 6.07) is 7.83. The first-order valence-corrected chi connectivity index (χ1v) is 8.29. The third kappa shape index (κ3) is 5.35. The summed E-state index contributed by atoms with van der Waals surface area (Å²) in [7, 11) is 3.99. The zero-order valence-corrected chi connectivity index (χ0v) is 16.3. The molecule has 0 saturated carbocycles. The molecule has 1 aliphatic rings. The summed E-state index contributed by atoms with van der Waals surface area (Å²) in [5, 5.41) is 7.40. The van der Waals surface area contributed by atoms with E-state index >= 15 is 0 Å². The second-order valence-corrected chi connectivity index (χ2v) is 6.55. The molecule has 0 bridgehead atoms. The molecule has 0 aliphatic carbocycles. The number of para-hydroxylation sites is 1. The average molecular weight is 388 g/mol. The lowest BCUT2D eigenvalue weighted by Crippen LogP contribution is -2.27. The van der Waals surface area contributed by atoms with Crippen molar-refractivity contribution in [2.24, 2.45) is 5.92 Å². The smallest absolute Gasteiger partial charge is 0.287 e. The molecule has 1 atom stereocenters. The molecule has 2 aromatic rings. The summed E-state index contributed by atoms with van der Waals surface area (Å²) in [4.78, 5) is 14.6. The zero-order chi connectivity index (χ0) is 16.2. The molecular weight excluding hydrogens is 361 g/mol. The van der Waals surface area contributed by atoms with E-state index < -0.39 is 0 Å². The lowest BCUT2D eigenvalue weighted by molar-refractivity contribution is 0.0924. The second kappa shape index (κ2) is 10.0. The average Bonchev–Trinajstić information content (AvgIpc) is 3.15. The van der Waals surface area contributed by atoms with Crippen LogP contribution in [0.15, 0.2) is 28.7 Å². The van der Waals surface area contributed by atoms with E-state index in [1.165, 1.54) is 6.42 Å². The van der Waals surface area contributed by atoms with Crippen molar-refractivity contribution in [3.63, 3.8) is 0 Å². The predicted molar refractivity (Wildman–Crippen MR) is 106 cm³/mol.